The molecular weight excluding hydrogens is 184 g/mol. The zero-order chi connectivity index (χ0) is 11.8. The van der Waals surface area contributed by atoms with Crippen molar-refractivity contribution in [3.63, 3.8) is 0 Å². The van der Waals surface area contributed by atoms with Crippen LogP contribution in [0.5, 0.6) is 0 Å². The van der Waals surface area contributed by atoms with Gasteiger partial charge in [-0.3, -0.25) is 0 Å². The summed E-state index contributed by atoms with van der Waals surface area (Å²) in [5.41, 5.74) is 3.10. The highest BCUT2D eigenvalue weighted by molar-refractivity contribution is 5.17. The maximum absolute atomic E-state index is 8.76. The third-order valence-corrected chi connectivity index (χ3v) is 3.06. The minimum absolute atomic E-state index is 0.445. The van der Waals surface area contributed by atoms with Gasteiger partial charge in [-0.25, -0.2) is 0 Å². The van der Waals surface area contributed by atoms with Gasteiger partial charge >= 0.3 is 0 Å². The first-order valence-corrected chi connectivity index (χ1v) is 5.99. The van der Waals surface area contributed by atoms with Crippen molar-refractivity contribution in [2.75, 3.05) is 7.05 Å². The Kier molecular flexibility index (Phi) is 6.86. The van der Waals surface area contributed by atoms with E-state index in [4.69, 9.17) is 5.26 Å². The van der Waals surface area contributed by atoms with Gasteiger partial charge in [-0.1, -0.05) is 31.9 Å². The SMILES string of the molecule is CC.CCC1=C(C)CC(N(C)C#N)CC1. The second-order valence-electron chi connectivity index (χ2n) is 3.84. The minimum atomic E-state index is 0.445. The van der Waals surface area contributed by atoms with Crippen LogP contribution in [0.25, 0.3) is 0 Å². The Morgan fingerprint density at radius 2 is 2.07 bits per heavy atom. The van der Waals surface area contributed by atoms with Crippen molar-refractivity contribution in [1.29, 1.82) is 5.26 Å². The van der Waals surface area contributed by atoms with E-state index in [0.717, 1.165) is 12.8 Å². The number of nitrogens with zero attached hydrogens (tertiary/aromatic N) is 2. The summed E-state index contributed by atoms with van der Waals surface area (Å²) in [4.78, 5) is 1.79. The van der Waals surface area contributed by atoms with Gasteiger partial charge in [0.25, 0.3) is 0 Å². The van der Waals surface area contributed by atoms with Crippen molar-refractivity contribution in [3.05, 3.63) is 11.1 Å². The predicted octanol–water partition coefficient (Wildman–Crippen LogP) is 3.70. The Morgan fingerprint density at radius 3 is 2.47 bits per heavy atom. The molecule has 0 heterocycles. The van der Waals surface area contributed by atoms with E-state index in [2.05, 4.69) is 20.0 Å². The van der Waals surface area contributed by atoms with Crippen molar-refractivity contribution in [1.82, 2.24) is 4.90 Å². The molecule has 0 saturated carbocycles. The molecule has 1 aliphatic rings. The van der Waals surface area contributed by atoms with E-state index >= 15 is 0 Å². The Bertz CT molecular complexity index is 248. The molecule has 2 heteroatoms. The first-order valence-electron chi connectivity index (χ1n) is 5.99. The summed E-state index contributed by atoms with van der Waals surface area (Å²) in [6, 6.07) is 0.445. The van der Waals surface area contributed by atoms with E-state index < -0.39 is 0 Å². The lowest BCUT2D eigenvalue weighted by Gasteiger charge is -2.29. The molecule has 0 radical (unpaired) electrons. The molecule has 1 unspecified atom stereocenters. The van der Waals surface area contributed by atoms with Crippen LogP contribution >= 0.6 is 0 Å². The second kappa shape index (κ2) is 7.34. The van der Waals surface area contributed by atoms with Crippen molar-refractivity contribution in [3.8, 4) is 6.19 Å². The van der Waals surface area contributed by atoms with Crippen molar-refractivity contribution in [2.45, 2.75) is 59.4 Å². The summed E-state index contributed by atoms with van der Waals surface area (Å²) in [5, 5.41) is 8.76. The van der Waals surface area contributed by atoms with Crippen LogP contribution in [0.15, 0.2) is 11.1 Å². The van der Waals surface area contributed by atoms with E-state index in [1.165, 1.54) is 18.4 Å². The van der Waals surface area contributed by atoms with E-state index in [9.17, 15) is 0 Å². The van der Waals surface area contributed by atoms with Gasteiger partial charge in [0.15, 0.2) is 6.19 Å². The molecule has 2 nitrogen and oxygen atoms in total. The summed E-state index contributed by atoms with van der Waals surface area (Å²) in [6.45, 7) is 8.42. The molecule has 0 fully saturated rings. The molecule has 0 aromatic rings. The molecule has 0 aromatic carbocycles. The quantitative estimate of drug-likeness (QED) is 0.393. The fourth-order valence-corrected chi connectivity index (χ4v) is 2.04. The predicted molar refractivity (Wildman–Crippen MR) is 65.4 cm³/mol. The zero-order valence-corrected chi connectivity index (χ0v) is 10.8. The molecule has 0 aliphatic heterocycles. The van der Waals surface area contributed by atoms with Crippen molar-refractivity contribution < 1.29 is 0 Å². The number of allylic oxidation sites excluding steroid dienone is 1. The number of hydrogen-bond donors (Lipinski definition) is 0. The Labute approximate surface area is 94.6 Å². The summed E-state index contributed by atoms with van der Waals surface area (Å²) in [7, 11) is 1.88. The van der Waals surface area contributed by atoms with Crippen molar-refractivity contribution >= 4 is 0 Å². The number of nitriles is 1. The van der Waals surface area contributed by atoms with E-state index in [1.807, 2.05) is 20.9 Å². The Morgan fingerprint density at radius 1 is 1.47 bits per heavy atom. The molecule has 0 bridgehead atoms. The number of hydrogen-bond acceptors (Lipinski definition) is 2. The third kappa shape index (κ3) is 3.95. The third-order valence-electron chi connectivity index (χ3n) is 3.06. The molecular formula is C13H24N2. The lowest BCUT2D eigenvalue weighted by Crippen LogP contribution is -2.30. The lowest BCUT2D eigenvalue weighted by molar-refractivity contribution is 0.309. The summed E-state index contributed by atoms with van der Waals surface area (Å²) in [6.07, 6.45) is 6.77. The van der Waals surface area contributed by atoms with E-state index in [-0.39, 0.29) is 0 Å². The average molecular weight is 208 g/mol. The summed E-state index contributed by atoms with van der Waals surface area (Å²) >= 11 is 0. The highest BCUT2D eigenvalue weighted by Crippen LogP contribution is 2.28. The Balaban J connectivity index is 0.000000921. The van der Waals surface area contributed by atoms with Gasteiger partial charge in [0.1, 0.15) is 0 Å². The standard InChI is InChI=1S/C11H18N2.C2H6/c1-4-10-5-6-11(7-9(10)2)13(3)8-12;1-2/h11H,4-7H2,1-3H3;1-2H3. The smallest absolute Gasteiger partial charge is 0.179 e. The van der Waals surface area contributed by atoms with Gasteiger partial charge in [0, 0.05) is 13.1 Å². The van der Waals surface area contributed by atoms with Gasteiger partial charge in [-0.2, -0.15) is 5.26 Å². The largest absolute Gasteiger partial charge is 0.310 e. The van der Waals surface area contributed by atoms with Crippen LogP contribution in [-0.2, 0) is 0 Å². The molecule has 1 atom stereocenters. The van der Waals surface area contributed by atoms with E-state index in [0.29, 0.717) is 6.04 Å². The van der Waals surface area contributed by atoms with Gasteiger partial charge in [-0.05, 0) is 32.6 Å². The van der Waals surface area contributed by atoms with E-state index in [1.54, 1.807) is 10.5 Å². The first kappa shape index (κ1) is 14.0. The van der Waals surface area contributed by atoms with Gasteiger partial charge in [0.2, 0.25) is 0 Å². The van der Waals surface area contributed by atoms with Crippen LogP contribution in [0.2, 0.25) is 0 Å². The van der Waals surface area contributed by atoms with Crippen LogP contribution in [0, 0.1) is 11.5 Å². The Hall–Kier alpha value is -0.970. The fourth-order valence-electron chi connectivity index (χ4n) is 2.04. The van der Waals surface area contributed by atoms with Crippen molar-refractivity contribution in [2.24, 2.45) is 0 Å². The normalized spacial score (nSPS) is 20.1. The van der Waals surface area contributed by atoms with Crippen LogP contribution in [0.4, 0.5) is 0 Å². The van der Waals surface area contributed by atoms with Gasteiger partial charge < -0.3 is 4.90 Å². The highest BCUT2D eigenvalue weighted by Gasteiger charge is 2.20. The summed E-state index contributed by atoms with van der Waals surface area (Å²) in [5.74, 6) is 0. The van der Waals surface area contributed by atoms with Gasteiger partial charge in [0.05, 0.1) is 0 Å². The average Bonchev–Trinajstić information content (AvgIpc) is 2.30. The molecule has 0 aromatic heterocycles. The molecule has 0 N–H and O–H groups in total. The van der Waals surface area contributed by atoms with Crippen LogP contribution in [0.3, 0.4) is 0 Å². The second-order valence-corrected chi connectivity index (χ2v) is 3.84. The molecule has 1 aliphatic carbocycles. The fraction of sp³-hybridized carbons (Fsp3) is 0.769. The summed E-state index contributed by atoms with van der Waals surface area (Å²) < 4.78 is 0. The molecule has 0 saturated heterocycles. The first-order chi connectivity index (χ1) is 7.19. The lowest BCUT2D eigenvalue weighted by atomic mass is 9.87. The molecule has 0 amide bonds. The maximum Gasteiger partial charge on any atom is 0.179 e. The zero-order valence-electron chi connectivity index (χ0n) is 10.8. The van der Waals surface area contributed by atoms with Crippen LogP contribution in [0.1, 0.15) is 53.4 Å². The maximum atomic E-state index is 8.76. The van der Waals surface area contributed by atoms with Gasteiger partial charge in [-0.15, -0.1) is 0 Å². The molecule has 86 valence electrons. The molecule has 0 spiro atoms. The number of rotatable bonds is 2. The van der Waals surface area contributed by atoms with Crippen LogP contribution < -0.4 is 0 Å². The topological polar surface area (TPSA) is 27.0 Å². The monoisotopic (exact) mass is 208 g/mol. The molecule has 15 heavy (non-hydrogen) atoms. The van der Waals surface area contributed by atoms with Crippen LogP contribution in [-0.4, -0.2) is 18.0 Å². The molecule has 1 rings (SSSR count). The minimum Gasteiger partial charge on any atom is -0.310 e. The highest BCUT2D eigenvalue weighted by atomic mass is 15.1.